The first-order valence-corrected chi connectivity index (χ1v) is 9.19. The Morgan fingerprint density at radius 3 is 2.08 bits per heavy atom. The summed E-state index contributed by atoms with van der Waals surface area (Å²) in [7, 11) is -3.59. The average Bonchev–Trinajstić information content (AvgIpc) is 2.46. The van der Waals surface area contributed by atoms with Gasteiger partial charge in [0.15, 0.2) is 0 Å². The maximum Gasteiger partial charge on any atom is 0.240 e. The highest BCUT2D eigenvalue weighted by Crippen LogP contribution is 2.14. The maximum absolute atomic E-state index is 12.1. The number of nitrogens with one attached hydrogen (secondary N) is 2. The summed E-state index contributed by atoms with van der Waals surface area (Å²) in [6.45, 7) is 5.85. The Morgan fingerprint density at radius 2 is 1.50 bits per heavy atom. The highest BCUT2D eigenvalue weighted by Gasteiger charge is 2.13. The fourth-order valence-electron chi connectivity index (χ4n) is 2.37. The largest absolute Gasteiger partial charge is 0.326 e. The van der Waals surface area contributed by atoms with Gasteiger partial charge in [-0.2, -0.15) is 0 Å². The Morgan fingerprint density at radius 1 is 0.917 bits per heavy atom. The molecule has 128 valence electrons. The topological polar surface area (TPSA) is 75.3 Å². The van der Waals surface area contributed by atoms with Gasteiger partial charge in [0.25, 0.3) is 0 Å². The van der Waals surface area contributed by atoms with Gasteiger partial charge in [0.2, 0.25) is 15.9 Å². The molecule has 0 bridgehead atoms. The number of anilines is 1. The molecule has 2 N–H and O–H groups in total. The fraction of sp³-hybridized carbons (Fsp3) is 0.278. The molecular formula is C18H22N2O3S. The number of hydrogen-bond acceptors (Lipinski definition) is 3. The van der Waals surface area contributed by atoms with Crippen LogP contribution >= 0.6 is 0 Å². The molecule has 1 amide bonds. The lowest BCUT2D eigenvalue weighted by Crippen LogP contribution is -2.27. The summed E-state index contributed by atoms with van der Waals surface area (Å²) in [6.07, 6.45) is 0.0675. The van der Waals surface area contributed by atoms with Gasteiger partial charge in [-0.25, -0.2) is 13.1 Å². The van der Waals surface area contributed by atoms with Crippen molar-refractivity contribution >= 4 is 21.6 Å². The van der Waals surface area contributed by atoms with Crippen LogP contribution < -0.4 is 10.0 Å². The predicted molar refractivity (Wildman–Crippen MR) is 95.5 cm³/mol. The molecule has 0 heterocycles. The van der Waals surface area contributed by atoms with Crippen LogP contribution in [0.1, 0.15) is 23.1 Å². The van der Waals surface area contributed by atoms with Gasteiger partial charge in [0, 0.05) is 18.7 Å². The second-order valence-corrected chi connectivity index (χ2v) is 7.65. The Kier molecular flexibility index (Phi) is 5.75. The smallest absolute Gasteiger partial charge is 0.240 e. The third-order valence-electron chi connectivity index (χ3n) is 3.48. The van der Waals surface area contributed by atoms with Gasteiger partial charge < -0.3 is 5.32 Å². The summed E-state index contributed by atoms with van der Waals surface area (Å²) in [5, 5.41) is 2.78. The molecule has 6 heteroatoms. The second kappa shape index (κ2) is 7.59. The van der Waals surface area contributed by atoms with Crippen LogP contribution in [0.2, 0.25) is 0 Å². The molecule has 24 heavy (non-hydrogen) atoms. The molecule has 0 aliphatic rings. The second-order valence-electron chi connectivity index (χ2n) is 5.89. The molecule has 0 radical (unpaired) electrons. The molecule has 0 aromatic heterocycles. The van der Waals surface area contributed by atoms with Crippen LogP contribution in [0.4, 0.5) is 5.69 Å². The SMILES string of the molecule is Cc1ccc(S(=O)(=O)NCCC(=O)Nc2cc(C)cc(C)c2)cc1. The molecule has 2 aromatic carbocycles. The quantitative estimate of drug-likeness (QED) is 0.844. The molecule has 0 saturated carbocycles. The van der Waals surface area contributed by atoms with Gasteiger partial charge in [-0.05, 0) is 56.2 Å². The first kappa shape index (κ1) is 18.2. The van der Waals surface area contributed by atoms with Crippen molar-refractivity contribution in [3.8, 4) is 0 Å². The summed E-state index contributed by atoms with van der Waals surface area (Å²) in [4.78, 5) is 12.2. The van der Waals surface area contributed by atoms with Gasteiger partial charge in [0.05, 0.1) is 4.90 Å². The number of carbonyl (C=O) groups excluding carboxylic acids is 1. The van der Waals surface area contributed by atoms with E-state index in [-0.39, 0.29) is 23.8 Å². The Balaban J connectivity index is 1.89. The van der Waals surface area contributed by atoms with Crippen molar-refractivity contribution in [2.75, 3.05) is 11.9 Å². The third-order valence-corrected chi connectivity index (χ3v) is 4.96. The normalized spacial score (nSPS) is 11.3. The molecule has 0 fully saturated rings. The van der Waals surface area contributed by atoms with Crippen LogP contribution in [0.15, 0.2) is 47.4 Å². The zero-order valence-electron chi connectivity index (χ0n) is 14.1. The van der Waals surface area contributed by atoms with E-state index in [1.807, 2.05) is 39.0 Å². The maximum atomic E-state index is 12.1. The number of benzene rings is 2. The minimum absolute atomic E-state index is 0.0485. The Labute approximate surface area is 143 Å². The first-order valence-electron chi connectivity index (χ1n) is 7.71. The zero-order valence-corrected chi connectivity index (χ0v) is 14.9. The van der Waals surface area contributed by atoms with E-state index in [2.05, 4.69) is 10.0 Å². The molecule has 2 rings (SSSR count). The minimum Gasteiger partial charge on any atom is -0.326 e. The molecule has 0 aliphatic carbocycles. The van der Waals surface area contributed by atoms with Crippen LogP contribution in [0.5, 0.6) is 0 Å². The molecule has 2 aromatic rings. The summed E-state index contributed by atoms with van der Waals surface area (Å²) in [5.41, 5.74) is 3.83. The number of sulfonamides is 1. The van der Waals surface area contributed by atoms with Crippen molar-refractivity contribution in [3.05, 3.63) is 59.2 Å². The predicted octanol–water partition coefficient (Wildman–Crippen LogP) is 2.92. The molecule has 0 saturated heterocycles. The number of rotatable bonds is 6. The van der Waals surface area contributed by atoms with Crippen molar-refractivity contribution in [1.29, 1.82) is 0 Å². The van der Waals surface area contributed by atoms with Crippen molar-refractivity contribution in [1.82, 2.24) is 4.72 Å². The van der Waals surface area contributed by atoms with Gasteiger partial charge in [-0.15, -0.1) is 0 Å². The first-order chi connectivity index (χ1) is 11.3. The van der Waals surface area contributed by atoms with E-state index in [0.717, 1.165) is 22.4 Å². The Bertz CT molecular complexity index is 808. The summed E-state index contributed by atoms with van der Waals surface area (Å²) in [5.74, 6) is -0.230. The third kappa shape index (κ3) is 5.18. The van der Waals surface area contributed by atoms with E-state index in [9.17, 15) is 13.2 Å². The summed E-state index contributed by atoms with van der Waals surface area (Å²) >= 11 is 0. The van der Waals surface area contributed by atoms with Crippen molar-refractivity contribution in [2.45, 2.75) is 32.1 Å². The zero-order chi connectivity index (χ0) is 17.7. The molecule has 0 unspecified atom stereocenters. The fourth-order valence-corrected chi connectivity index (χ4v) is 3.40. The highest BCUT2D eigenvalue weighted by molar-refractivity contribution is 7.89. The molecule has 0 aliphatic heterocycles. The van der Waals surface area contributed by atoms with Crippen LogP contribution in [-0.4, -0.2) is 20.9 Å². The number of hydrogen-bond donors (Lipinski definition) is 2. The van der Waals surface area contributed by atoms with Gasteiger partial charge >= 0.3 is 0 Å². The average molecular weight is 346 g/mol. The van der Waals surface area contributed by atoms with Crippen molar-refractivity contribution < 1.29 is 13.2 Å². The monoisotopic (exact) mass is 346 g/mol. The van der Waals surface area contributed by atoms with Crippen molar-refractivity contribution in [3.63, 3.8) is 0 Å². The Hall–Kier alpha value is -2.18. The van der Waals surface area contributed by atoms with Crippen LogP contribution in [0.25, 0.3) is 0 Å². The van der Waals surface area contributed by atoms with Crippen molar-refractivity contribution in [2.24, 2.45) is 0 Å². The van der Waals surface area contributed by atoms with Crippen LogP contribution in [-0.2, 0) is 14.8 Å². The van der Waals surface area contributed by atoms with E-state index in [4.69, 9.17) is 0 Å². The molecule has 0 spiro atoms. The summed E-state index contributed by atoms with van der Waals surface area (Å²) < 4.78 is 26.7. The lowest BCUT2D eigenvalue weighted by atomic mass is 10.1. The molecule has 5 nitrogen and oxygen atoms in total. The van der Waals surface area contributed by atoms with E-state index >= 15 is 0 Å². The van der Waals surface area contributed by atoms with E-state index in [0.29, 0.717) is 0 Å². The van der Waals surface area contributed by atoms with Gasteiger partial charge in [-0.3, -0.25) is 4.79 Å². The lowest BCUT2D eigenvalue weighted by Gasteiger charge is -2.09. The van der Waals surface area contributed by atoms with Gasteiger partial charge in [0.1, 0.15) is 0 Å². The van der Waals surface area contributed by atoms with E-state index in [1.54, 1.807) is 24.3 Å². The molecule has 0 atom stereocenters. The van der Waals surface area contributed by atoms with Crippen LogP contribution in [0.3, 0.4) is 0 Å². The summed E-state index contributed by atoms with van der Waals surface area (Å²) in [6, 6.07) is 12.3. The van der Waals surface area contributed by atoms with Crippen LogP contribution in [0, 0.1) is 20.8 Å². The number of amides is 1. The lowest BCUT2D eigenvalue weighted by molar-refractivity contribution is -0.116. The standard InChI is InChI=1S/C18H22N2O3S/c1-13-4-6-17(7-5-13)24(22,23)19-9-8-18(21)20-16-11-14(2)10-15(3)12-16/h4-7,10-12,19H,8-9H2,1-3H3,(H,20,21). The van der Waals surface area contributed by atoms with E-state index < -0.39 is 10.0 Å². The number of aryl methyl sites for hydroxylation is 3. The van der Waals surface area contributed by atoms with Gasteiger partial charge in [-0.1, -0.05) is 23.8 Å². The minimum atomic E-state index is -3.59. The number of carbonyl (C=O) groups is 1. The van der Waals surface area contributed by atoms with E-state index in [1.165, 1.54) is 0 Å². The highest BCUT2D eigenvalue weighted by atomic mass is 32.2. The molecular weight excluding hydrogens is 324 g/mol.